The van der Waals surface area contributed by atoms with Crippen molar-refractivity contribution in [1.29, 1.82) is 0 Å². The summed E-state index contributed by atoms with van der Waals surface area (Å²) in [6.07, 6.45) is 2.28. The number of carboxylic acid groups (broad SMARTS) is 1. The van der Waals surface area contributed by atoms with Crippen molar-refractivity contribution in [2.45, 2.75) is 56.8 Å². The fourth-order valence-electron chi connectivity index (χ4n) is 2.61. The highest BCUT2D eigenvalue weighted by Gasteiger charge is 2.34. The molecule has 4 N–H and O–H groups in total. The molecule has 0 spiro atoms. The predicted octanol–water partition coefficient (Wildman–Crippen LogP) is 0.698. The second-order valence-electron chi connectivity index (χ2n) is 6.32. The van der Waals surface area contributed by atoms with E-state index in [4.69, 9.17) is 14.9 Å². The second kappa shape index (κ2) is 11.9. The van der Waals surface area contributed by atoms with Crippen molar-refractivity contribution in [3.05, 3.63) is 32.6 Å². The van der Waals surface area contributed by atoms with Gasteiger partial charge in [0.15, 0.2) is 0 Å². The van der Waals surface area contributed by atoms with Crippen LogP contribution in [-0.2, 0) is 9.47 Å². The third-order valence-corrected chi connectivity index (χ3v) is 5.22. The first kappa shape index (κ1) is 24.2. The van der Waals surface area contributed by atoms with E-state index in [1.54, 1.807) is 18.7 Å². The molecule has 1 fully saturated rings. The number of hydrogen-bond donors (Lipinski definition) is 4. The number of nitrogens with zero attached hydrogens (tertiary/aromatic N) is 1. The molecule has 1 aliphatic heterocycles. The first-order valence-electron chi connectivity index (χ1n) is 8.88. The molecule has 2 rings (SSSR count). The maximum Gasteiger partial charge on any atom is 0.505 e. The summed E-state index contributed by atoms with van der Waals surface area (Å²) in [4.78, 5) is 34.9. The Kier molecular flexibility index (Phi) is 10.3. The Morgan fingerprint density at radius 3 is 2.68 bits per heavy atom. The lowest BCUT2D eigenvalue weighted by atomic mass is 10.2. The minimum Gasteiger partial charge on any atom is -0.450 e. The van der Waals surface area contributed by atoms with Crippen LogP contribution in [0.3, 0.4) is 0 Å². The van der Waals surface area contributed by atoms with E-state index >= 15 is 0 Å². The van der Waals surface area contributed by atoms with Crippen molar-refractivity contribution in [3.8, 4) is 0 Å². The van der Waals surface area contributed by atoms with Crippen LogP contribution in [0.15, 0.2) is 15.8 Å². The molecule has 160 valence electrons. The summed E-state index contributed by atoms with van der Waals surface area (Å²) in [6, 6.07) is 0. The fraction of sp³-hybridized carbons (Fsp3) is 0.706. The Morgan fingerprint density at radius 1 is 1.50 bits per heavy atom. The van der Waals surface area contributed by atoms with Crippen LogP contribution in [0, 0.1) is 6.92 Å². The quantitative estimate of drug-likeness (QED) is 0.467. The molecule has 4 atom stereocenters. The van der Waals surface area contributed by atoms with Crippen LogP contribution in [0.2, 0.25) is 0 Å². The van der Waals surface area contributed by atoms with Crippen molar-refractivity contribution in [1.82, 2.24) is 9.55 Å². The zero-order chi connectivity index (χ0) is 21.3. The first-order chi connectivity index (χ1) is 13.2. The molecule has 1 saturated heterocycles. The smallest absolute Gasteiger partial charge is 0.450 e. The van der Waals surface area contributed by atoms with Gasteiger partial charge in [0.2, 0.25) is 0 Å². The van der Waals surface area contributed by atoms with Gasteiger partial charge >= 0.3 is 11.8 Å². The van der Waals surface area contributed by atoms with Gasteiger partial charge in [-0.05, 0) is 19.6 Å². The molecule has 1 aliphatic rings. The Balaban J connectivity index is 0.000000311. The van der Waals surface area contributed by atoms with Crippen LogP contribution in [0.1, 0.15) is 38.0 Å². The second-order valence-corrected chi connectivity index (χ2v) is 7.45. The SMILES string of the molecule is CCCC(COC(=O)O)SC.Cc1cn([C@H]2C[C@H](O)[C@@H](CO)O2)c(=O)[nH]c1=O. The van der Waals surface area contributed by atoms with E-state index in [1.165, 1.54) is 10.8 Å². The van der Waals surface area contributed by atoms with Crippen molar-refractivity contribution in [2.24, 2.45) is 0 Å². The number of carbonyl (C=O) groups is 1. The van der Waals surface area contributed by atoms with E-state index in [9.17, 15) is 19.5 Å². The molecule has 0 bridgehead atoms. The van der Waals surface area contributed by atoms with E-state index in [0.29, 0.717) is 17.4 Å². The van der Waals surface area contributed by atoms with Gasteiger partial charge in [-0.15, -0.1) is 0 Å². The number of aliphatic hydroxyl groups excluding tert-OH is 2. The molecule has 0 radical (unpaired) electrons. The highest BCUT2D eigenvalue weighted by atomic mass is 32.2. The minimum absolute atomic E-state index is 0.205. The standard InChI is InChI=1S/C10H14N2O5.C7H14O3S/c1-5-3-12(10(16)11-9(5)15)8-2-6(14)7(4-13)17-8;1-3-4-6(11-2)5-10-7(8)9/h3,6-8,13-14H,2,4H2,1H3,(H,11,15,16);6H,3-5H2,1-2H3,(H,8,9)/t6-,7+,8+;/m0./s1. The van der Waals surface area contributed by atoms with Gasteiger partial charge in [0.1, 0.15) is 18.9 Å². The Labute approximate surface area is 166 Å². The minimum atomic E-state index is -1.18. The average Bonchev–Trinajstić information content (AvgIpc) is 3.02. The number of hydrogen-bond acceptors (Lipinski definition) is 8. The summed E-state index contributed by atoms with van der Waals surface area (Å²) in [7, 11) is 0. The van der Waals surface area contributed by atoms with Crippen molar-refractivity contribution in [2.75, 3.05) is 19.5 Å². The number of rotatable bonds is 7. The van der Waals surface area contributed by atoms with E-state index in [-0.39, 0.29) is 13.0 Å². The Morgan fingerprint density at radius 2 is 2.18 bits per heavy atom. The molecule has 0 aliphatic carbocycles. The third kappa shape index (κ3) is 7.30. The monoisotopic (exact) mass is 420 g/mol. The predicted molar refractivity (Wildman–Crippen MR) is 104 cm³/mol. The summed E-state index contributed by atoms with van der Waals surface area (Å²) in [6.45, 7) is 3.65. The zero-order valence-electron chi connectivity index (χ0n) is 16.2. The molecule has 11 heteroatoms. The molecule has 0 aromatic carbocycles. The maximum atomic E-state index is 11.6. The molecular weight excluding hydrogens is 392 g/mol. The lowest BCUT2D eigenvalue weighted by Gasteiger charge is -2.14. The number of H-pyrrole nitrogens is 1. The van der Waals surface area contributed by atoms with Gasteiger partial charge in [0.25, 0.3) is 5.56 Å². The maximum absolute atomic E-state index is 11.6. The largest absolute Gasteiger partial charge is 0.505 e. The van der Waals surface area contributed by atoms with Crippen LogP contribution in [0.5, 0.6) is 0 Å². The highest BCUT2D eigenvalue weighted by Crippen LogP contribution is 2.27. The first-order valence-corrected chi connectivity index (χ1v) is 10.2. The van der Waals surface area contributed by atoms with Gasteiger partial charge in [-0.2, -0.15) is 11.8 Å². The molecule has 1 aromatic heterocycles. The summed E-state index contributed by atoms with van der Waals surface area (Å²) >= 11 is 1.65. The van der Waals surface area contributed by atoms with Gasteiger partial charge in [0.05, 0.1) is 12.7 Å². The van der Waals surface area contributed by atoms with Crippen molar-refractivity contribution < 1.29 is 29.6 Å². The topological polar surface area (TPSA) is 151 Å². The lowest BCUT2D eigenvalue weighted by Crippen LogP contribution is -2.33. The number of aromatic amines is 1. The molecule has 28 heavy (non-hydrogen) atoms. The summed E-state index contributed by atoms with van der Waals surface area (Å²) in [5, 5.41) is 27.0. The zero-order valence-corrected chi connectivity index (χ0v) is 17.0. The molecule has 10 nitrogen and oxygen atoms in total. The van der Waals surface area contributed by atoms with Crippen LogP contribution in [0.4, 0.5) is 4.79 Å². The number of ether oxygens (including phenoxy) is 2. The Bertz CT molecular complexity index is 735. The normalized spacial score (nSPS) is 22.2. The Hall–Kier alpha value is -1.82. The lowest BCUT2D eigenvalue weighted by molar-refractivity contribution is -0.0459. The molecule has 0 amide bonds. The van der Waals surface area contributed by atoms with Gasteiger partial charge in [0, 0.05) is 23.4 Å². The van der Waals surface area contributed by atoms with Crippen molar-refractivity contribution in [3.63, 3.8) is 0 Å². The summed E-state index contributed by atoms with van der Waals surface area (Å²) < 4.78 is 11.0. The molecule has 1 aromatic rings. The van der Waals surface area contributed by atoms with Crippen LogP contribution >= 0.6 is 11.8 Å². The van der Waals surface area contributed by atoms with Gasteiger partial charge < -0.3 is 24.8 Å². The third-order valence-electron chi connectivity index (χ3n) is 4.18. The van der Waals surface area contributed by atoms with Gasteiger partial charge in [-0.1, -0.05) is 13.3 Å². The number of nitrogens with one attached hydrogen (secondary N) is 1. The van der Waals surface area contributed by atoms with Crippen LogP contribution in [-0.4, -0.2) is 68.0 Å². The van der Waals surface area contributed by atoms with E-state index in [2.05, 4.69) is 16.6 Å². The molecule has 1 unspecified atom stereocenters. The highest BCUT2D eigenvalue weighted by molar-refractivity contribution is 7.99. The van der Waals surface area contributed by atoms with Crippen LogP contribution in [0.25, 0.3) is 0 Å². The van der Waals surface area contributed by atoms with E-state index in [0.717, 1.165) is 12.8 Å². The summed E-state index contributed by atoms with van der Waals surface area (Å²) in [5.74, 6) is 0. The van der Waals surface area contributed by atoms with E-state index in [1.807, 2.05) is 6.26 Å². The number of aliphatic hydroxyl groups is 2. The summed E-state index contributed by atoms with van der Waals surface area (Å²) in [5.41, 5.74) is -0.643. The van der Waals surface area contributed by atoms with Gasteiger partial charge in [-0.3, -0.25) is 14.3 Å². The van der Waals surface area contributed by atoms with Crippen LogP contribution < -0.4 is 11.2 Å². The number of thioether (sulfide) groups is 1. The average molecular weight is 420 g/mol. The molecular formula is C17H28N2O8S. The van der Waals surface area contributed by atoms with Crippen molar-refractivity contribution >= 4 is 17.9 Å². The molecule has 0 saturated carbocycles. The fourth-order valence-corrected chi connectivity index (χ4v) is 3.28. The number of aryl methyl sites for hydroxylation is 1. The van der Waals surface area contributed by atoms with E-state index < -0.39 is 35.8 Å². The van der Waals surface area contributed by atoms with Gasteiger partial charge in [-0.25, -0.2) is 9.59 Å². The molecule has 2 heterocycles. The number of aromatic nitrogens is 2.